The Kier molecular flexibility index (Phi) is 6.82. The van der Waals surface area contributed by atoms with Crippen molar-refractivity contribution in [2.24, 2.45) is 17.8 Å². The largest absolute Gasteiger partial charge is 0.481 e. The second kappa shape index (κ2) is 8.12. The molecule has 0 aromatic carbocycles. The molecule has 5 heteroatoms. The van der Waals surface area contributed by atoms with Crippen molar-refractivity contribution in [2.45, 2.75) is 58.9 Å². The van der Waals surface area contributed by atoms with E-state index in [-0.39, 0.29) is 23.9 Å². The van der Waals surface area contributed by atoms with Crippen LogP contribution in [0.15, 0.2) is 0 Å². The van der Waals surface area contributed by atoms with E-state index in [0.29, 0.717) is 12.5 Å². The van der Waals surface area contributed by atoms with E-state index in [1.807, 2.05) is 6.92 Å². The number of hydrogen-bond donors (Lipinski definition) is 3. The molecular formula is C15H28N2O3. The van der Waals surface area contributed by atoms with Crippen molar-refractivity contribution in [3.05, 3.63) is 0 Å². The van der Waals surface area contributed by atoms with Crippen LogP contribution >= 0.6 is 0 Å². The number of aliphatic carboxylic acids is 1. The third-order valence-electron chi connectivity index (χ3n) is 4.31. The first kappa shape index (κ1) is 16.8. The average molecular weight is 284 g/mol. The molecule has 3 atom stereocenters. The zero-order valence-corrected chi connectivity index (χ0v) is 12.8. The molecule has 1 saturated carbocycles. The number of carboxylic acids is 1. The Bertz CT molecular complexity index is 331. The van der Waals surface area contributed by atoms with E-state index < -0.39 is 5.97 Å². The number of rotatable bonds is 6. The van der Waals surface area contributed by atoms with Crippen molar-refractivity contribution >= 4 is 12.0 Å². The van der Waals surface area contributed by atoms with Crippen LogP contribution in [0, 0.1) is 17.8 Å². The first-order chi connectivity index (χ1) is 9.45. The zero-order chi connectivity index (χ0) is 15.1. The Morgan fingerprint density at radius 2 is 1.90 bits per heavy atom. The molecule has 1 aliphatic carbocycles. The van der Waals surface area contributed by atoms with Crippen LogP contribution in [0.25, 0.3) is 0 Å². The lowest BCUT2D eigenvalue weighted by Crippen LogP contribution is -2.46. The molecule has 0 aromatic rings. The lowest BCUT2D eigenvalue weighted by atomic mass is 9.79. The fourth-order valence-corrected chi connectivity index (χ4v) is 2.96. The minimum atomic E-state index is -0.731. The standard InChI is InChI=1S/C15H28N2O3/c1-4-13(10(2)3)17-15(20)16-9-11-7-5-6-8-12(11)14(18)19/h10-13H,4-9H2,1-3H3,(H,18,19)(H2,16,17,20). The molecule has 0 heterocycles. The first-order valence-corrected chi connectivity index (χ1v) is 7.72. The molecule has 116 valence electrons. The number of carbonyl (C=O) groups is 2. The maximum Gasteiger partial charge on any atom is 0.315 e. The lowest BCUT2D eigenvalue weighted by molar-refractivity contribution is -0.144. The number of amides is 2. The van der Waals surface area contributed by atoms with Crippen molar-refractivity contribution in [3.63, 3.8) is 0 Å². The van der Waals surface area contributed by atoms with Crippen molar-refractivity contribution in [3.8, 4) is 0 Å². The van der Waals surface area contributed by atoms with Gasteiger partial charge in [0.05, 0.1) is 5.92 Å². The predicted molar refractivity (Wildman–Crippen MR) is 78.5 cm³/mol. The van der Waals surface area contributed by atoms with Crippen LogP contribution in [-0.4, -0.2) is 29.7 Å². The van der Waals surface area contributed by atoms with E-state index in [0.717, 1.165) is 32.1 Å². The summed E-state index contributed by atoms with van der Waals surface area (Å²) in [7, 11) is 0. The van der Waals surface area contributed by atoms with Gasteiger partial charge < -0.3 is 15.7 Å². The summed E-state index contributed by atoms with van der Waals surface area (Å²) in [5, 5.41) is 15.0. The van der Waals surface area contributed by atoms with Gasteiger partial charge in [-0.05, 0) is 31.1 Å². The van der Waals surface area contributed by atoms with E-state index in [1.165, 1.54) is 0 Å². The third-order valence-corrected chi connectivity index (χ3v) is 4.31. The molecule has 0 bridgehead atoms. The monoisotopic (exact) mass is 284 g/mol. The van der Waals surface area contributed by atoms with E-state index in [1.54, 1.807) is 0 Å². The molecule has 0 saturated heterocycles. The summed E-state index contributed by atoms with van der Waals surface area (Å²) < 4.78 is 0. The average Bonchev–Trinajstić information content (AvgIpc) is 2.42. The molecule has 20 heavy (non-hydrogen) atoms. The van der Waals surface area contributed by atoms with Crippen LogP contribution < -0.4 is 10.6 Å². The second-order valence-electron chi connectivity index (χ2n) is 6.10. The van der Waals surface area contributed by atoms with E-state index in [2.05, 4.69) is 24.5 Å². The molecule has 0 spiro atoms. The summed E-state index contributed by atoms with van der Waals surface area (Å²) in [6.07, 6.45) is 4.55. The molecule has 0 radical (unpaired) electrons. The first-order valence-electron chi connectivity index (χ1n) is 7.72. The van der Waals surface area contributed by atoms with Crippen LogP contribution in [0.2, 0.25) is 0 Å². The van der Waals surface area contributed by atoms with Gasteiger partial charge >= 0.3 is 12.0 Å². The van der Waals surface area contributed by atoms with Crippen LogP contribution in [0.5, 0.6) is 0 Å². The Morgan fingerprint density at radius 1 is 1.25 bits per heavy atom. The number of carbonyl (C=O) groups excluding carboxylic acids is 1. The second-order valence-corrected chi connectivity index (χ2v) is 6.10. The fraction of sp³-hybridized carbons (Fsp3) is 0.867. The molecule has 1 aliphatic rings. The van der Waals surface area contributed by atoms with Gasteiger partial charge in [-0.3, -0.25) is 4.79 Å². The van der Waals surface area contributed by atoms with Crippen LogP contribution in [0.1, 0.15) is 52.9 Å². The smallest absolute Gasteiger partial charge is 0.315 e. The molecule has 2 amide bonds. The molecule has 3 N–H and O–H groups in total. The molecule has 0 aliphatic heterocycles. The highest BCUT2D eigenvalue weighted by atomic mass is 16.4. The normalized spacial score (nSPS) is 24.2. The van der Waals surface area contributed by atoms with Gasteiger partial charge in [0.1, 0.15) is 0 Å². The molecule has 3 unspecified atom stereocenters. The summed E-state index contributed by atoms with van der Waals surface area (Å²) >= 11 is 0. The number of nitrogens with one attached hydrogen (secondary N) is 2. The summed E-state index contributed by atoms with van der Waals surface area (Å²) in [5.74, 6) is -0.583. The maximum atomic E-state index is 11.9. The van der Waals surface area contributed by atoms with Gasteiger partial charge in [0, 0.05) is 12.6 Å². The highest BCUT2D eigenvalue weighted by molar-refractivity contribution is 5.74. The summed E-state index contributed by atoms with van der Waals surface area (Å²) in [6.45, 7) is 6.66. The topological polar surface area (TPSA) is 78.4 Å². The number of urea groups is 1. The third kappa shape index (κ3) is 5.02. The molecule has 5 nitrogen and oxygen atoms in total. The maximum absolute atomic E-state index is 11.9. The van der Waals surface area contributed by atoms with Crippen molar-refractivity contribution < 1.29 is 14.7 Å². The summed E-state index contributed by atoms with van der Waals surface area (Å²) in [6, 6.07) is -0.0168. The van der Waals surface area contributed by atoms with Crippen molar-refractivity contribution in [1.29, 1.82) is 0 Å². The van der Waals surface area contributed by atoms with Crippen LogP contribution in [0.4, 0.5) is 4.79 Å². The van der Waals surface area contributed by atoms with Gasteiger partial charge in [-0.15, -0.1) is 0 Å². The Hall–Kier alpha value is -1.26. The van der Waals surface area contributed by atoms with E-state index >= 15 is 0 Å². The SMILES string of the molecule is CCC(NC(=O)NCC1CCCCC1C(=O)O)C(C)C. The molecule has 0 aromatic heterocycles. The Balaban J connectivity index is 2.41. The molecule has 1 rings (SSSR count). The quantitative estimate of drug-likeness (QED) is 0.701. The van der Waals surface area contributed by atoms with Gasteiger partial charge in [0.15, 0.2) is 0 Å². The minimum absolute atomic E-state index is 0.0612. The summed E-state index contributed by atoms with van der Waals surface area (Å²) in [4.78, 5) is 23.1. The molecule has 1 fully saturated rings. The van der Waals surface area contributed by atoms with E-state index in [4.69, 9.17) is 0 Å². The predicted octanol–water partition coefficient (Wildman–Crippen LogP) is 2.61. The fourth-order valence-electron chi connectivity index (χ4n) is 2.96. The van der Waals surface area contributed by atoms with Crippen LogP contribution in [0.3, 0.4) is 0 Å². The highest BCUT2D eigenvalue weighted by Gasteiger charge is 2.30. The summed E-state index contributed by atoms with van der Waals surface area (Å²) in [5.41, 5.74) is 0. The highest BCUT2D eigenvalue weighted by Crippen LogP contribution is 2.29. The Morgan fingerprint density at radius 3 is 2.45 bits per heavy atom. The van der Waals surface area contributed by atoms with Gasteiger partial charge in [-0.2, -0.15) is 0 Å². The number of hydrogen-bond acceptors (Lipinski definition) is 2. The van der Waals surface area contributed by atoms with Crippen molar-refractivity contribution in [1.82, 2.24) is 10.6 Å². The van der Waals surface area contributed by atoms with Gasteiger partial charge in [0.2, 0.25) is 0 Å². The van der Waals surface area contributed by atoms with E-state index in [9.17, 15) is 14.7 Å². The van der Waals surface area contributed by atoms with Gasteiger partial charge in [0.25, 0.3) is 0 Å². The minimum Gasteiger partial charge on any atom is -0.481 e. The van der Waals surface area contributed by atoms with Crippen LogP contribution in [-0.2, 0) is 4.79 Å². The zero-order valence-electron chi connectivity index (χ0n) is 12.8. The Labute approximate surface area is 121 Å². The van der Waals surface area contributed by atoms with Gasteiger partial charge in [-0.1, -0.05) is 33.6 Å². The van der Waals surface area contributed by atoms with Crippen molar-refractivity contribution in [2.75, 3.05) is 6.54 Å². The molecular weight excluding hydrogens is 256 g/mol. The number of carboxylic acid groups (broad SMARTS) is 1. The van der Waals surface area contributed by atoms with Gasteiger partial charge in [-0.25, -0.2) is 4.79 Å². The lowest BCUT2D eigenvalue weighted by Gasteiger charge is -2.29.